The van der Waals surface area contributed by atoms with Crippen molar-refractivity contribution >= 4 is 17.5 Å². The van der Waals surface area contributed by atoms with Gasteiger partial charge in [0.15, 0.2) is 0 Å². The van der Waals surface area contributed by atoms with E-state index in [1.54, 1.807) is 12.2 Å². The summed E-state index contributed by atoms with van der Waals surface area (Å²) in [6.07, 6.45) is 21.6. The van der Waals surface area contributed by atoms with Crippen LogP contribution in [-0.4, -0.2) is 59.9 Å². The van der Waals surface area contributed by atoms with Gasteiger partial charge in [-0.15, -0.1) is 6.58 Å². The highest BCUT2D eigenvalue weighted by molar-refractivity contribution is 6.30. The number of rotatable bonds is 12. The van der Waals surface area contributed by atoms with Gasteiger partial charge in [-0.3, -0.25) is 14.6 Å². The predicted octanol–water partition coefficient (Wildman–Crippen LogP) is 10.0. The minimum atomic E-state index is 0.125. The molecule has 0 atom stereocenters. The van der Waals surface area contributed by atoms with Gasteiger partial charge in [0, 0.05) is 50.0 Å². The fourth-order valence-electron chi connectivity index (χ4n) is 3.80. The van der Waals surface area contributed by atoms with Crippen LogP contribution in [0.1, 0.15) is 73.8 Å². The van der Waals surface area contributed by atoms with Crippen molar-refractivity contribution in [2.24, 2.45) is 0 Å². The van der Waals surface area contributed by atoms with E-state index in [0.29, 0.717) is 13.1 Å². The molecule has 0 aliphatic carbocycles. The van der Waals surface area contributed by atoms with Gasteiger partial charge in [0.05, 0.1) is 6.54 Å². The van der Waals surface area contributed by atoms with E-state index in [2.05, 4.69) is 68.9 Å². The van der Waals surface area contributed by atoms with E-state index in [-0.39, 0.29) is 5.91 Å². The Bertz CT molecular complexity index is 1030. The lowest BCUT2D eigenvalue weighted by molar-refractivity contribution is -0.130. The number of allylic oxidation sites excluding steroid dienone is 10. The van der Waals surface area contributed by atoms with Gasteiger partial charge in [-0.2, -0.15) is 0 Å². The number of carbonyl (C=O) groups is 1. The predicted molar refractivity (Wildman–Crippen MR) is 193 cm³/mol. The maximum Gasteiger partial charge on any atom is 0.241 e. The molecule has 2 rings (SSSR count). The van der Waals surface area contributed by atoms with E-state index in [4.69, 9.17) is 11.6 Å². The number of amides is 1. The maximum atomic E-state index is 13.2. The number of piperazine rings is 1. The van der Waals surface area contributed by atoms with Gasteiger partial charge in [0.25, 0.3) is 0 Å². The molecule has 1 fully saturated rings. The molecule has 0 radical (unpaired) electrons. The van der Waals surface area contributed by atoms with Crippen LogP contribution in [0.5, 0.6) is 0 Å². The number of carbonyl (C=O) groups excluding carboxylic acids is 1. The first-order chi connectivity index (χ1) is 20.8. The Hall–Kier alpha value is -2.92. The standard InChI is InChI=1S/C27H36ClN3O.C6H12.C3H6.C2H6/c1-4-7-9-10-11-16-31(26(6-3)15-8-5-2)27(32)23-30-19-17-29(18-20-30)22-24-13-12-14-25(28)21-24;1-4-6(3)5-2;1-3-2;1-2/h4,6-15,21H,1,5,16-20,22-23H2,2-3H3;4H,5H2,1-3H3;3H,1H2,2H3;1-2H3/b9-7-,11-10-,15-8-,26-6+;6-4-;;. The van der Waals surface area contributed by atoms with Crippen molar-refractivity contribution < 1.29 is 4.79 Å². The van der Waals surface area contributed by atoms with E-state index >= 15 is 0 Å². The zero-order valence-corrected chi connectivity index (χ0v) is 29.2. The summed E-state index contributed by atoms with van der Waals surface area (Å²) in [7, 11) is 0. The molecule has 43 heavy (non-hydrogen) atoms. The van der Waals surface area contributed by atoms with Crippen LogP contribution in [0.2, 0.25) is 5.02 Å². The van der Waals surface area contributed by atoms with Gasteiger partial charge in [-0.05, 0) is 64.3 Å². The Morgan fingerprint density at radius 2 is 1.58 bits per heavy atom. The van der Waals surface area contributed by atoms with Crippen LogP contribution in [-0.2, 0) is 11.3 Å². The topological polar surface area (TPSA) is 26.8 Å². The SMILES string of the molecule is C/C=C(/C)CC.C=C/C=C\C=C/CN(C(=O)CN1CCN(Cc2cccc(Cl)c2)CC1)C(/C=C\CC)=C/C.C=CC.CC. The van der Waals surface area contributed by atoms with Gasteiger partial charge >= 0.3 is 0 Å². The third-order valence-electron chi connectivity index (χ3n) is 6.38. The molecule has 1 saturated heterocycles. The van der Waals surface area contributed by atoms with Crippen molar-refractivity contribution in [3.8, 4) is 0 Å². The highest BCUT2D eigenvalue weighted by atomic mass is 35.5. The van der Waals surface area contributed by atoms with Crippen LogP contribution < -0.4 is 0 Å². The summed E-state index contributed by atoms with van der Waals surface area (Å²) in [5.41, 5.74) is 3.63. The van der Waals surface area contributed by atoms with Crippen LogP contribution in [0.3, 0.4) is 0 Å². The Balaban J connectivity index is 0. The molecule has 1 aliphatic heterocycles. The van der Waals surface area contributed by atoms with Crippen LogP contribution in [0.4, 0.5) is 0 Å². The quantitative estimate of drug-likeness (QED) is 0.174. The minimum Gasteiger partial charge on any atom is -0.308 e. The van der Waals surface area contributed by atoms with Crippen molar-refractivity contribution in [2.45, 2.75) is 74.8 Å². The van der Waals surface area contributed by atoms with Gasteiger partial charge < -0.3 is 4.90 Å². The zero-order valence-electron chi connectivity index (χ0n) is 28.5. The van der Waals surface area contributed by atoms with Crippen molar-refractivity contribution in [3.05, 3.63) is 120 Å². The van der Waals surface area contributed by atoms with Crippen LogP contribution >= 0.6 is 11.6 Å². The average molecular weight is 610 g/mol. The van der Waals surface area contributed by atoms with Crippen LogP contribution in [0.15, 0.2) is 109 Å². The molecule has 1 aliphatic rings. The summed E-state index contributed by atoms with van der Waals surface area (Å²) in [6, 6.07) is 8.03. The molecule has 0 aromatic heterocycles. The molecule has 0 saturated carbocycles. The molecule has 5 heteroatoms. The second kappa shape index (κ2) is 29.2. The normalized spacial score (nSPS) is 14.3. The molecule has 1 aromatic carbocycles. The lowest BCUT2D eigenvalue weighted by Crippen LogP contribution is -2.49. The van der Waals surface area contributed by atoms with Crippen molar-refractivity contribution in [2.75, 3.05) is 39.3 Å². The molecule has 1 aromatic rings. The molecule has 240 valence electrons. The Morgan fingerprint density at radius 1 is 0.953 bits per heavy atom. The Morgan fingerprint density at radius 3 is 2.07 bits per heavy atom. The maximum absolute atomic E-state index is 13.2. The number of hydrogen-bond acceptors (Lipinski definition) is 3. The average Bonchev–Trinajstić information content (AvgIpc) is 3.02. The largest absolute Gasteiger partial charge is 0.308 e. The number of nitrogens with zero attached hydrogens (tertiary/aromatic N) is 3. The summed E-state index contributed by atoms with van der Waals surface area (Å²) in [5.74, 6) is 0.125. The first-order valence-electron chi connectivity index (χ1n) is 15.7. The molecule has 0 unspecified atom stereocenters. The van der Waals surface area contributed by atoms with Gasteiger partial charge in [0.1, 0.15) is 0 Å². The summed E-state index contributed by atoms with van der Waals surface area (Å²) < 4.78 is 0. The second-order valence-electron chi connectivity index (χ2n) is 9.66. The fourth-order valence-corrected chi connectivity index (χ4v) is 4.01. The minimum absolute atomic E-state index is 0.125. The Kier molecular flexibility index (Phi) is 28.6. The van der Waals surface area contributed by atoms with Crippen LogP contribution in [0, 0.1) is 0 Å². The second-order valence-corrected chi connectivity index (χ2v) is 10.1. The zero-order chi connectivity index (χ0) is 32.9. The molecule has 1 heterocycles. The Labute approximate surface area is 270 Å². The number of hydrogen-bond donors (Lipinski definition) is 0. The van der Waals surface area contributed by atoms with E-state index in [0.717, 1.165) is 49.9 Å². The molecule has 0 bridgehead atoms. The van der Waals surface area contributed by atoms with Gasteiger partial charge in [-0.25, -0.2) is 0 Å². The molecule has 1 amide bonds. The molecular formula is C38H60ClN3O. The van der Waals surface area contributed by atoms with Crippen molar-refractivity contribution in [1.82, 2.24) is 14.7 Å². The third-order valence-corrected chi connectivity index (χ3v) is 6.62. The number of halogens is 1. The monoisotopic (exact) mass is 609 g/mol. The molecular weight excluding hydrogens is 550 g/mol. The van der Waals surface area contributed by atoms with E-state index < -0.39 is 0 Å². The summed E-state index contributed by atoms with van der Waals surface area (Å²) in [4.78, 5) is 19.8. The van der Waals surface area contributed by atoms with Crippen LogP contribution in [0.25, 0.3) is 0 Å². The lowest BCUT2D eigenvalue weighted by atomic mass is 10.2. The smallest absolute Gasteiger partial charge is 0.241 e. The number of benzene rings is 1. The molecule has 0 N–H and O–H groups in total. The van der Waals surface area contributed by atoms with Crippen molar-refractivity contribution in [3.63, 3.8) is 0 Å². The van der Waals surface area contributed by atoms with E-state index in [1.807, 2.05) is 87.3 Å². The van der Waals surface area contributed by atoms with E-state index in [1.165, 1.54) is 17.6 Å². The fraction of sp³-hybridized carbons (Fsp3) is 0.447. The summed E-state index contributed by atoms with van der Waals surface area (Å²) in [5, 5.41) is 0.776. The highest BCUT2D eigenvalue weighted by Crippen LogP contribution is 2.15. The molecule has 0 spiro atoms. The highest BCUT2D eigenvalue weighted by Gasteiger charge is 2.22. The lowest BCUT2D eigenvalue weighted by Gasteiger charge is -2.35. The first kappa shape index (κ1) is 42.2. The van der Waals surface area contributed by atoms with Gasteiger partial charge in [0.2, 0.25) is 5.91 Å². The van der Waals surface area contributed by atoms with Gasteiger partial charge in [-0.1, -0.05) is 118 Å². The van der Waals surface area contributed by atoms with E-state index in [9.17, 15) is 4.79 Å². The van der Waals surface area contributed by atoms with Crippen molar-refractivity contribution in [1.29, 1.82) is 0 Å². The first-order valence-corrected chi connectivity index (χ1v) is 16.1. The summed E-state index contributed by atoms with van der Waals surface area (Å²) in [6.45, 7) is 28.9. The summed E-state index contributed by atoms with van der Waals surface area (Å²) >= 11 is 6.11. The third kappa shape index (κ3) is 21.4. The molecule has 4 nitrogen and oxygen atoms in total.